The molecule has 1 aliphatic heterocycles. The van der Waals surface area contributed by atoms with Gasteiger partial charge in [-0.05, 0) is 12.8 Å². The van der Waals surface area contributed by atoms with E-state index in [1.54, 1.807) is 0 Å². The van der Waals surface area contributed by atoms with Gasteiger partial charge >= 0.3 is 5.97 Å². The first kappa shape index (κ1) is 12.7. The Bertz CT molecular complexity index is 192. The molecule has 0 aromatic rings. The van der Waals surface area contributed by atoms with Gasteiger partial charge in [0.05, 0.1) is 6.42 Å². The third-order valence-electron chi connectivity index (χ3n) is 1.72. The van der Waals surface area contributed by atoms with Crippen molar-refractivity contribution in [3.8, 4) is 0 Å². The van der Waals surface area contributed by atoms with Crippen LogP contribution in [0.5, 0.6) is 0 Å². The van der Waals surface area contributed by atoms with E-state index in [-0.39, 0.29) is 12.3 Å². The van der Waals surface area contributed by atoms with Crippen LogP contribution in [0.2, 0.25) is 0 Å². The van der Waals surface area contributed by atoms with Gasteiger partial charge in [-0.1, -0.05) is 12.5 Å². The van der Waals surface area contributed by atoms with Crippen LogP contribution in [0.25, 0.3) is 0 Å². The van der Waals surface area contributed by atoms with Gasteiger partial charge in [0.15, 0.2) is 0 Å². The minimum Gasteiger partial charge on any atom is -0.481 e. The number of hydrogen-bond donors (Lipinski definition) is 2. The molecule has 1 amide bonds. The van der Waals surface area contributed by atoms with Gasteiger partial charge in [0, 0.05) is 13.0 Å². The van der Waals surface area contributed by atoms with Crippen molar-refractivity contribution in [1.82, 2.24) is 5.32 Å². The number of rotatable bonds is 2. The molecular weight excluding hydrogens is 182 g/mol. The molecule has 0 saturated carbocycles. The SMILES string of the molecule is C=CCC(=O)O.O=C1CCCCCN1. The monoisotopic (exact) mass is 199 g/mol. The van der Waals surface area contributed by atoms with Gasteiger partial charge in [-0.2, -0.15) is 0 Å². The smallest absolute Gasteiger partial charge is 0.307 e. The van der Waals surface area contributed by atoms with Crippen LogP contribution in [0.1, 0.15) is 32.1 Å². The first-order valence-corrected chi connectivity index (χ1v) is 4.76. The van der Waals surface area contributed by atoms with Crippen molar-refractivity contribution in [3.05, 3.63) is 12.7 Å². The second-order valence-corrected chi connectivity index (χ2v) is 3.05. The predicted octanol–water partition coefficient (Wildman–Crippen LogP) is 1.32. The van der Waals surface area contributed by atoms with Crippen LogP contribution in [0.4, 0.5) is 0 Å². The lowest BCUT2D eigenvalue weighted by atomic mass is 10.2. The van der Waals surface area contributed by atoms with Gasteiger partial charge in [-0.15, -0.1) is 6.58 Å². The Labute approximate surface area is 84.0 Å². The topological polar surface area (TPSA) is 66.4 Å². The molecule has 1 heterocycles. The normalized spacial score (nSPS) is 15.6. The largest absolute Gasteiger partial charge is 0.481 e. The Hall–Kier alpha value is -1.32. The maximum atomic E-state index is 10.6. The molecule has 0 aromatic heterocycles. The number of aliphatic carboxylic acids is 1. The first-order valence-electron chi connectivity index (χ1n) is 4.76. The summed E-state index contributed by atoms with van der Waals surface area (Å²) in [6.07, 6.45) is 5.58. The fourth-order valence-electron chi connectivity index (χ4n) is 1.03. The molecule has 0 aromatic carbocycles. The summed E-state index contributed by atoms with van der Waals surface area (Å²) >= 11 is 0. The fourth-order valence-corrected chi connectivity index (χ4v) is 1.03. The van der Waals surface area contributed by atoms with Crippen molar-refractivity contribution < 1.29 is 14.7 Å². The zero-order valence-electron chi connectivity index (χ0n) is 8.29. The molecule has 1 rings (SSSR count). The summed E-state index contributed by atoms with van der Waals surface area (Å²) in [6.45, 7) is 4.11. The molecule has 0 radical (unpaired) electrons. The molecule has 0 spiro atoms. The number of carboxylic acids is 1. The van der Waals surface area contributed by atoms with Gasteiger partial charge in [0.1, 0.15) is 0 Å². The summed E-state index contributed by atoms with van der Waals surface area (Å²) in [5, 5.41) is 10.6. The molecule has 1 fully saturated rings. The molecule has 14 heavy (non-hydrogen) atoms. The molecule has 0 bridgehead atoms. The summed E-state index contributed by atoms with van der Waals surface area (Å²) < 4.78 is 0. The first-order chi connectivity index (χ1) is 6.66. The number of nitrogens with one attached hydrogen (secondary N) is 1. The molecule has 0 unspecified atom stereocenters. The van der Waals surface area contributed by atoms with Gasteiger partial charge in [0.25, 0.3) is 0 Å². The van der Waals surface area contributed by atoms with Crippen LogP contribution in [0, 0.1) is 0 Å². The second kappa shape index (κ2) is 8.29. The number of carbonyl (C=O) groups is 2. The van der Waals surface area contributed by atoms with E-state index in [4.69, 9.17) is 5.11 Å². The highest BCUT2D eigenvalue weighted by Gasteiger charge is 2.03. The lowest BCUT2D eigenvalue weighted by molar-refractivity contribution is -0.136. The molecule has 1 aliphatic rings. The Balaban J connectivity index is 0.000000255. The van der Waals surface area contributed by atoms with Crippen LogP contribution in [-0.4, -0.2) is 23.5 Å². The molecule has 2 N–H and O–H groups in total. The van der Waals surface area contributed by atoms with Gasteiger partial charge in [-0.3, -0.25) is 9.59 Å². The zero-order valence-corrected chi connectivity index (χ0v) is 8.29. The van der Waals surface area contributed by atoms with Crippen molar-refractivity contribution in [2.45, 2.75) is 32.1 Å². The summed E-state index contributed by atoms with van der Waals surface area (Å²) in [5.41, 5.74) is 0. The highest BCUT2D eigenvalue weighted by atomic mass is 16.4. The molecule has 4 heteroatoms. The van der Waals surface area contributed by atoms with E-state index >= 15 is 0 Å². The van der Waals surface area contributed by atoms with E-state index in [0.717, 1.165) is 25.8 Å². The highest BCUT2D eigenvalue weighted by Crippen LogP contribution is 2.02. The van der Waals surface area contributed by atoms with Crippen LogP contribution in [-0.2, 0) is 9.59 Å². The third kappa shape index (κ3) is 8.77. The maximum absolute atomic E-state index is 10.6. The molecule has 80 valence electrons. The van der Waals surface area contributed by atoms with E-state index in [1.165, 1.54) is 12.5 Å². The van der Waals surface area contributed by atoms with Crippen molar-refractivity contribution in [3.63, 3.8) is 0 Å². The van der Waals surface area contributed by atoms with Crippen molar-refractivity contribution in [1.29, 1.82) is 0 Å². The van der Waals surface area contributed by atoms with Crippen LogP contribution < -0.4 is 5.32 Å². The summed E-state index contributed by atoms with van der Waals surface area (Å²) in [7, 11) is 0. The Morgan fingerprint density at radius 1 is 1.50 bits per heavy atom. The number of amides is 1. The quantitative estimate of drug-likeness (QED) is 0.659. The van der Waals surface area contributed by atoms with E-state index < -0.39 is 5.97 Å². The van der Waals surface area contributed by atoms with Gasteiger partial charge in [0.2, 0.25) is 5.91 Å². The zero-order chi connectivity index (χ0) is 10.8. The maximum Gasteiger partial charge on any atom is 0.307 e. The summed E-state index contributed by atoms with van der Waals surface area (Å²) in [6, 6.07) is 0. The second-order valence-electron chi connectivity index (χ2n) is 3.05. The Kier molecular flexibility index (Phi) is 7.50. The predicted molar refractivity (Wildman–Crippen MR) is 53.9 cm³/mol. The van der Waals surface area contributed by atoms with Gasteiger partial charge < -0.3 is 10.4 Å². The molecule has 1 saturated heterocycles. The number of carboxylic acid groups (broad SMARTS) is 1. The van der Waals surface area contributed by atoms with Crippen molar-refractivity contribution in [2.24, 2.45) is 0 Å². The summed E-state index contributed by atoms with van der Waals surface area (Å²) in [4.78, 5) is 20.1. The van der Waals surface area contributed by atoms with Crippen LogP contribution in [0.3, 0.4) is 0 Å². The van der Waals surface area contributed by atoms with Crippen molar-refractivity contribution in [2.75, 3.05) is 6.54 Å². The average Bonchev–Trinajstić information content (AvgIpc) is 2.33. The Morgan fingerprint density at radius 3 is 2.71 bits per heavy atom. The highest BCUT2D eigenvalue weighted by molar-refractivity contribution is 5.75. The minimum atomic E-state index is -0.829. The van der Waals surface area contributed by atoms with Crippen LogP contribution >= 0.6 is 0 Å². The number of carbonyl (C=O) groups excluding carboxylic acids is 1. The minimum absolute atomic E-state index is 0.0556. The van der Waals surface area contributed by atoms with E-state index in [0.29, 0.717) is 0 Å². The van der Waals surface area contributed by atoms with Crippen molar-refractivity contribution >= 4 is 11.9 Å². The lowest BCUT2D eigenvalue weighted by Gasteiger charge is -1.93. The Morgan fingerprint density at radius 2 is 2.21 bits per heavy atom. The average molecular weight is 199 g/mol. The van der Waals surface area contributed by atoms with Gasteiger partial charge in [-0.25, -0.2) is 0 Å². The number of hydrogen-bond acceptors (Lipinski definition) is 2. The fraction of sp³-hybridized carbons (Fsp3) is 0.600. The molecule has 0 atom stereocenters. The summed E-state index contributed by atoms with van der Waals surface area (Å²) in [5.74, 6) is -0.604. The molecule has 0 aliphatic carbocycles. The standard InChI is InChI=1S/C6H11NO.C4H6O2/c8-6-4-2-1-3-5-7-6;1-2-3-4(5)6/h1-5H2,(H,7,8);2H,1,3H2,(H,5,6). The van der Waals surface area contributed by atoms with E-state index in [9.17, 15) is 9.59 Å². The molecular formula is C10H17NO3. The molecule has 4 nitrogen and oxygen atoms in total. The third-order valence-corrected chi connectivity index (χ3v) is 1.72. The lowest BCUT2D eigenvalue weighted by Crippen LogP contribution is -2.21. The van der Waals surface area contributed by atoms with Crippen LogP contribution in [0.15, 0.2) is 12.7 Å². The van der Waals surface area contributed by atoms with E-state index in [2.05, 4.69) is 11.9 Å². The van der Waals surface area contributed by atoms with E-state index in [1.807, 2.05) is 0 Å².